The normalized spacial score (nSPS) is 10.0. The predicted octanol–water partition coefficient (Wildman–Crippen LogP) is 3.09. The summed E-state index contributed by atoms with van der Waals surface area (Å²) in [5.41, 5.74) is 2.77. The van der Waals surface area contributed by atoms with Crippen molar-refractivity contribution in [3.63, 3.8) is 0 Å². The van der Waals surface area contributed by atoms with Gasteiger partial charge >= 0.3 is 0 Å². The number of carbonyl (C=O) groups excluding carboxylic acids is 1. The Morgan fingerprint density at radius 3 is 1.88 bits per heavy atom. The first-order valence-electron chi connectivity index (χ1n) is 5.25. The van der Waals surface area contributed by atoms with Crippen molar-refractivity contribution in [2.45, 2.75) is 0 Å². The Bertz CT molecular complexity index is 505. The molecule has 2 aromatic carbocycles. The fourth-order valence-corrected chi connectivity index (χ4v) is 1.59. The molecule has 0 heterocycles. The summed E-state index contributed by atoms with van der Waals surface area (Å²) in [6.07, 6.45) is 0.757. The summed E-state index contributed by atoms with van der Waals surface area (Å²) in [7, 11) is 1.69. The van der Waals surface area contributed by atoms with Crippen LogP contribution in [-0.4, -0.2) is 13.5 Å². The van der Waals surface area contributed by atoms with Gasteiger partial charge in [0.25, 0.3) is 0 Å². The fraction of sp³-hybridized carbons (Fsp3) is 0.0714. The van der Waals surface area contributed by atoms with Crippen LogP contribution < -0.4 is 4.90 Å². The molecule has 0 unspecified atom stereocenters. The lowest BCUT2D eigenvalue weighted by atomic mass is 10.1. The van der Waals surface area contributed by atoms with E-state index in [2.05, 4.69) is 0 Å². The highest BCUT2D eigenvalue weighted by Gasteiger charge is 2.01. The van der Waals surface area contributed by atoms with E-state index in [9.17, 15) is 9.18 Å². The van der Waals surface area contributed by atoms with E-state index in [1.165, 1.54) is 17.0 Å². The second kappa shape index (κ2) is 4.78. The van der Waals surface area contributed by atoms with Gasteiger partial charge in [0.05, 0.1) is 0 Å². The number of anilines is 1. The van der Waals surface area contributed by atoms with Crippen molar-refractivity contribution in [2.24, 2.45) is 0 Å². The number of carbonyl (C=O) groups is 1. The molecule has 0 atom stereocenters. The summed E-state index contributed by atoms with van der Waals surface area (Å²) < 4.78 is 12.8. The topological polar surface area (TPSA) is 20.3 Å². The molecule has 0 bridgehead atoms. The standard InChI is InChI=1S/C14H12FNO/c1-16(10-17)14-8-4-12(5-9-14)11-2-6-13(15)7-3-11/h2-10H,1H3. The Hall–Kier alpha value is -2.16. The minimum absolute atomic E-state index is 0.244. The SMILES string of the molecule is CN(C=O)c1ccc(-c2ccc(F)cc2)cc1. The van der Waals surface area contributed by atoms with E-state index >= 15 is 0 Å². The molecule has 0 spiro atoms. The molecule has 0 N–H and O–H groups in total. The maximum atomic E-state index is 12.8. The van der Waals surface area contributed by atoms with E-state index in [0.717, 1.165) is 23.2 Å². The van der Waals surface area contributed by atoms with Gasteiger partial charge in [0, 0.05) is 12.7 Å². The Morgan fingerprint density at radius 1 is 0.941 bits per heavy atom. The van der Waals surface area contributed by atoms with E-state index in [4.69, 9.17) is 0 Å². The van der Waals surface area contributed by atoms with E-state index in [0.29, 0.717) is 0 Å². The second-order valence-electron chi connectivity index (χ2n) is 3.77. The van der Waals surface area contributed by atoms with Crippen LogP contribution in [0.5, 0.6) is 0 Å². The molecule has 2 aromatic rings. The van der Waals surface area contributed by atoms with Gasteiger partial charge < -0.3 is 4.90 Å². The van der Waals surface area contributed by atoms with Gasteiger partial charge in [-0.1, -0.05) is 24.3 Å². The van der Waals surface area contributed by atoms with Crippen molar-refractivity contribution in [1.82, 2.24) is 0 Å². The highest BCUT2D eigenvalue weighted by Crippen LogP contribution is 2.22. The fourth-order valence-electron chi connectivity index (χ4n) is 1.59. The Labute approximate surface area is 99.3 Å². The molecule has 86 valence electrons. The number of rotatable bonds is 3. The summed E-state index contributed by atoms with van der Waals surface area (Å²) in [6.45, 7) is 0. The molecule has 0 fully saturated rings. The number of nitrogens with zero attached hydrogens (tertiary/aromatic N) is 1. The zero-order chi connectivity index (χ0) is 12.3. The molecule has 0 aliphatic heterocycles. The van der Waals surface area contributed by atoms with E-state index in [1.54, 1.807) is 19.2 Å². The van der Waals surface area contributed by atoms with Crippen LogP contribution in [0.4, 0.5) is 10.1 Å². The molecule has 17 heavy (non-hydrogen) atoms. The van der Waals surface area contributed by atoms with Crippen LogP contribution in [0, 0.1) is 5.82 Å². The number of amides is 1. The third-order valence-corrected chi connectivity index (χ3v) is 2.61. The zero-order valence-corrected chi connectivity index (χ0v) is 9.43. The molecular weight excluding hydrogens is 217 g/mol. The number of halogens is 1. The average Bonchev–Trinajstić information content (AvgIpc) is 2.39. The highest BCUT2D eigenvalue weighted by molar-refractivity contribution is 5.76. The van der Waals surface area contributed by atoms with Gasteiger partial charge in [-0.3, -0.25) is 4.79 Å². The van der Waals surface area contributed by atoms with Crippen LogP contribution in [0.25, 0.3) is 11.1 Å². The van der Waals surface area contributed by atoms with Crippen molar-refractivity contribution in [3.8, 4) is 11.1 Å². The van der Waals surface area contributed by atoms with Gasteiger partial charge in [0.2, 0.25) is 6.41 Å². The van der Waals surface area contributed by atoms with Crippen LogP contribution in [0.1, 0.15) is 0 Å². The lowest BCUT2D eigenvalue weighted by molar-refractivity contribution is -0.107. The molecule has 0 saturated heterocycles. The zero-order valence-electron chi connectivity index (χ0n) is 9.43. The Kier molecular flexibility index (Phi) is 3.19. The van der Waals surface area contributed by atoms with Crippen molar-refractivity contribution in [2.75, 3.05) is 11.9 Å². The monoisotopic (exact) mass is 229 g/mol. The number of benzene rings is 2. The van der Waals surface area contributed by atoms with E-state index in [-0.39, 0.29) is 5.82 Å². The van der Waals surface area contributed by atoms with Crippen molar-refractivity contribution >= 4 is 12.1 Å². The van der Waals surface area contributed by atoms with E-state index < -0.39 is 0 Å². The first-order valence-corrected chi connectivity index (χ1v) is 5.25. The van der Waals surface area contributed by atoms with Gasteiger partial charge in [0.15, 0.2) is 0 Å². The molecule has 1 amide bonds. The van der Waals surface area contributed by atoms with Gasteiger partial charge in [-0.25, -0.2) is 4.39 Å². The molecule has 0 aliphatic rings. The van der Waals surface area contributed by atoms with Crippen molar-refractivity contribution < 1.29 is 9.18 Å². The molecule has 2 nitrogen and oxygen atoms in total. The summed E-state index contributed by atoms with van der Waals surface area (Å²) >= 11 is 0. The lowest BCUT2D eigenvalue weighted by Crippen LogP contribution is -2.13. The summed E-state index contributed by atoms with van der Waals surface area (Å²) in [6, 6.07) is 13.8. The summed E-state index contributed by atoms with van der Waals surface area (Å²) in [5, 5.41) is 0. The average molecular weight is 229 g/mol. The maximum Gasteiger partial charge on any atom is 0.213 e. The highest BCUT2D eigenvalue weighted by atomic mass is 19.1. The lowest BCUT2D eigenvalue weighted by Gasteiger charge is -2.11. The Balaban J connectivity index is 2.29. The molecule has 0 aliphatic carbocycles. The first kappa shape index (κ1) is 11.3. The first-order chi connectivity index (χ1) is 8.20. The predicted molar refractivity (Wildman–Crippen MR) is 66.3 cm³/mol. The largest absolute Gasteiger partial charge is 0.318 e. The van der Waals surface area contributed by atoms with Crippen molar-refractivity contribution in [1.29, 1.82) is 0 Å². The van der Waals surface area contributed by atoms with Crippen LogP contribution in [0.2, 0.25) is 0 Å². The minimum Gasteiger partial charge on any atom is -0.318 e. The molecule has 3 heteroatoms. The van der Waals surface area contributed by atoms with Gasteiger partial charge in [-0.2, -0.15) is 0 Å². The smallest absolute Gasteiger partial charge is 0.213 e. The number of hydrogen-bond donors (Lipinski definition) is 0. The third kappa shape index (κ3) is 2.50. The van der Waals surface area contributed by atoms with Crippen LogP contribution >= 0.6 is 0 Å². The van der Waals surface area contributed by atoms with Gasteiger partial charge in [-0.05, 0) is 35.4 Å². The molecular formula is C14H12FNO. The van der Waals surface area contributed by atoms with Crippen molar-refractivity contribution in [3.05, 3.63) is 54.3 Å². The second-order valence-corrected chi connectivity index (χ2v) is 3.77. The molecule has 0 radical (unpaired) electrons. The van der Waals surface area contributed by atoms with Crippen LogP contribution in [0.15, 0.2) is 48.5 Å². The van der Waals surface area contributed by atoms with Gasteiger partial charge in [-0.15, -0.1) is 0 Å². The molecule has 0 saturated carbocycles. The van der Waals surface area contributed by atoms with Gasteiger partial charge in [0.1, 0.15) is 5.82 Å². The van der Waals surface area contributed by atoms with Crippen LogP contribution in [-0.2, 0) is 4.79 Å². The maximum absolute atomic E-state index is 12.8. The summed E-state index contributed by atoms with van der Waals surface area (Å²) in [5.74, 6) is -0.244. The minimum atomic E-state index is -0.244. The third-order valence-electron chi connectivity index (χ3n) is 2.61. The van der Waals surface area contributed by atoms with E-state index in [1.807, 2.05) is 24.3 Å². The van der Waals surface area contributed by atoms with Crippen LogP contribution in [0.3, 0.4) is 0 Å². The number of hydrogen-bond acceptors (Lipinski definition) is 1. The Morgan fingerprint density at radius 2 is 1.41 bits per heavy atom. The molecule has 0 aromatic heterocycles. The summed E-state index contributed by atoms with van der Waals surface area (Å²) in [4.78, 5) is 12.1. The quantitative estimate of drug-likeness (QED) is 0.740. The molecule has 2 rings (SSSR count).